The van der Waals surface area contributed by atoms with E-state index in [2.05, 4.69) is 9.71 Å². The van der Waals surface area contributed by atoms with Crippen molar-refractivity contribution in [3.63, 3.8) is 0 Å². The molecule has 7 heteroatoms. The summed E-state index contributed by atoms with van der Waals surface area (Å²) in [4.78, 5) is 2.91. The number of ether oxygens (including phenoxy) is 1. The third kappa shape index (κ3) is 2.92. The van der Waals surface area contributed by atoms with Crippen molar-refractivity contribution in [1.82, 2.24) is 4.98 Å². The Morgan fingerprint density at radius 1 is 1.45 bits per heavy atom. The summed E-state index contributed by atoms with van der Waals surface area (Å²) in [5.74, 6) is 0.0148. The fraction of sp³-hybridized carbons (Fsp3) is 0.308. The van der Waals surface area contributed by atoms with Crippen LogP contribution in [-0.4, -0.2) is 32.4 Å². The standard InChI is InChI=1S/C13H15N3O3S/c1-9(19-2)8-20(17,18)16-13-11(7-14)10-5-3-4-6-12(10)15-13/h3-6,9,15-16H,8H2,1-2H3. The fourth-order valence-electron chi connectivity index (χ4n) is 1.91. The molecule has 2 N–H and O–H groups in total. The number of anilines is 1. The molecule has 1 atom stereocenters. The fourth-order valence-corrected chi connectivity index (χ4v) is 3.21. The van der Waals surface area contributed by atoms with Crippen LogP contribution in [0.2, 0.25) is 0 Å². The Bertz CT molecular complexity index is 759. The minimum absolute atomic E-state index is 0.177. The van der Waals surface area contributed by atoms with Crippen molar-refractivity contribution in [2.24, 2.45) is 0 Å². The van der Waals surface area contributed by atoms with E-state index in [0.717, 1.165) is 0 Å². The van der Waals surface area contributed by atoms with Gasteiger partial charge in [0, 0.05) is 18.0 Å². The first kappa shape index (κ1) is 14.4. The van der Waals surface area contributed by atoms with Gasteiger partial charge in [0.2, 0.25) is 10.0 Å². The summed E-state index contributed by atoms with van der Waals surface area (Å²) in [7, 11) is -2.14. The second kappa shape index (κ2) is 5.53. The number of aromatic nitrogens is 1. The Morgan fingerprint density at radius 2 is 2.15 bits per heavy atom. The Balaban J connectivity index is 2.37. The maximum absolute atomic E-state index is 12.0. The van der Waals surface area contributed by atoms with Crippen LogP contribution in [0.5, 0.6) is 0 Å². The van der Waals surface area contributed by atoms with Gasteiger partial charge >= 0.3 is 0 Å². The smallest absolute Gasteiger partial charge is 0.236 e. The number of rotatable bonds is 5. The second-order valence-electron chi connectivity index (χ2n) is 4.46. The number of nitriles is 1. The zero-order valence-corrected chi connectivity index (χ0v) is 12.0. The van der Waals surface area contributed by atoms with Crippen LogP contribution in [0.25, 0.3) is 10.9 Å². The van der Waals surface area contributed by atoms with E-state index in [1.165, 1.54) is 7.11 Å². The molecule has 0 spiro atoms. The number of methoxy groups -OCH3 is 1. The van der Waals surface area contributed by atoms with Gasteiger partial charge in [-0.15, -0.1) is 0 Å². The highest BCUT2D eigenvalue weighted by Crippen LogP contribution is 2.26. The van der Waals surface area contributed by atoms with Gasteiger partial charge in [0.15, 0.2) is 0 Å². The van der Waals surface area contributed by atoms with E-state index in [-0.39, 0.29) is 17.1 Å². The molecular formula is C13H15N3O3S. The summed E-state index contributed by atoms with van der Waals surface area (Å²) in [6.07, 6.45) is -0.428. The van der Waals surface area contributed by atoms with Crippen LogP contribution in [0, 0.1) is 11.3 Å². The number of benzene rings is 1. The molecule has 0 saturated carbocycles. The topological polar surface area (TPSA) is 95.0 Å². The lowest BCUT2D eigenvalue weighted by Crippen LogP contribution is -2.25. The summed E-state index contributed by atoms with van der Waals surface area (Å²) in [5, 5.41) is 9.89. The lowest BCUT2D eigenvalue weighted by atomic mass is 10.2. The molecule has 0 radical (unpaired) electrons. The molecule has 6 nitrogen and oxygen atoms in total. The van der Waals surface area contributed by atoms with Crippen LogP contribution in [-0.2, 0) is 14.8 Å². The number of nitrogens with zero attached hydrogens (tertiary/aromatic N) is 1. The molecule has 1 aromatic heterocycles. The number of aromatic amines is 1. The highest BCUT2D eigenvalue weighted by atomic mass is 32.2. The SMILES string of the molecule is COC(C)CS(=O)(=O)Nc1[nH]c2ccccc2c1C#N. The summed E-state index contributed by atoms with van der Waals surface area (Å²) in [5.41, 5.74) is 0.996. The number of para-hydroxylation sites is 1. The van der Waals surface area contributed by atoms with Crippen molar-refractivity contribution in [2.75, 3.05) is 17.6 Å². The predicted octanol–water partition coefficient (Wildman–Crippen LogP) is 1.82. The highest BCUT2D eigenvalue weighted by Gasteiger charge is 2.19. The highest BCUT2D eigenvalue weighted by molar-refractivity contribution is 7.92. The van der Waals surface area contributed by atoms with Crippen molar-refractivity contribution in [3.05, 3.63) is 29.8 Å². The largest absolute Gasteiger partial charge is 0.381 e. The molecule has 2 rings (SSSR count). The lowest BCUT2D eigenvalue weighted by molar-refractivity contribution is 0.136. The van der Waals surface area contributed by atoms with Crippen LogP contribution in [0.15, 0.2) is 24.3 Å². The molecule has 0 bridgehead atoms. The van der Waals surface area contributed by atoms with E-state index in [1.54, 1.807) is 25.1 Å². The molecule has 0 saturated heterocycles. The maximum atomic E-state index is 12.0. The molecule has 0 fully saturated rings. The third-order valence-corrected chi connectivity index (χ3v) is 4.36. The molecule has 106 valence electrons. The van der Waals surface area contributed by atoms with Gasteiger partial charge in [0.25, 0.3) is 0 Å². The van der Waals surface area contributed by atoms with Gasteiger partial charge in [-0.25, -0.2) is 8.42 Å². The molecule has 20 heavy (non-hydrogen) atoms. The number of hydrogen-bond acceptors (Lipinski definition) is 4. The lowest BCUT2D eigenvalue weighted by Gasteiger charge is -2.11. The zero-order chi connectivity index (χ0) is 14.8. The minimum Gasteiger partial charge on any atom is -0.381 e. The predicted molar refractivity (Wildman–Crippen MR) is 76.9 cm³/mol. The maximum Gasteiger partial charge on any atom is 0.236 e. The van der Waals surface area contributed by atoms with Crippen LogP contribution >= 0.6 is 0 Å². The number of fused-ring (bicyclic) bond motifs is 1. The average molecular weight is 293 g/mol. The number of H-pyrrole nitrogens is 1. The number of sulfonamides is 1. The molecule has 1 unspecified atom stereocenters. The molecule has 0 amide bonds. The van der Waals surface area contributed by atoms with Gasteiger partial charge < -0.3 is 9.72 Å². The van der Waals surface area contributed by atoms with E-state index in [4.69, 9.17) is 4.74 Å². The van der Waals surface area contributed by atoms with E-state index < -0.39 is 16.1 Å². The van der Waals surface area contributed by atoms with E-state index in [1.807, 2.05) is 12.1 Å². The Kier molecular flexibility index (Phi) is 3.97. The van der Waals surface area contributed by atoms with Crippen LogP contribution < -0.4 is 4.72 Å². The van der Waals surface area contributed by atoms with Gasteiger partial charge in [0.05, 0.1) is 11.9 Å². The summed E-state index contributed by atoms with van der Waals surface area (Å²) < 4.78 is 31.3. The number of hydrogen-bond donors (Lipinski definition) is 2. The second-order valence-corrected chi connectivity index (χ2v) is 6.23. The first-order valence-corrected chi connectivity index (χ1v) is 7.66. The van der Waals surface area contributed by atoms with Gasteiger partial charge in [-0.3, -0.25) is 4.72 Å². The Labute approximate surface area is 117 Å². The van der Waals surface area contributed by atoms with E-state index in [9.17, 15) is 13.7 Å². The van der Waals surface area contributed by atoms with Crippen molar-refractivity contribution in [2.45, 2.75) is 13.0 Å². The van der Waals surface area contributed by atoms with Gasteiger partial charge in [-0.2, -0.15) is 5.26 Å². The molecular weight excluding hydrogens is 278 g/mol. The van der Waals surface area contributed by atoms with Crippen molar-refractivity contribution >= 4 is 26.7 Å². The van der Waals surface area contributed by atoms with Crippen molar-refractivity contribution in [3.8, 4) is 6.07 Å². The average Bonchev–Trinajstić information content (AvgIpc) is 2.73. The quantitative estimate of drug-likeness (QED) is 0.879. The third-order valence-electron chi connectivity index (χ3n) is 2.93. The van der Waals surface area contributed by atoms with Gasteiger partial charge in [-0.05, 0) is 13.0 Å². The summed E-state index contributed by atoms with van der Waals surface area (Å²) in [6, 6.07) is 9.17. The van der Waals surface area contributed by atoms with Crippen LogP contribution in [0.1, 0.15) is 12.5 Å². The minimum atomic E-state index is -3.58. The molecule has 0 aliphatic heterocycles. The Hall–Kier alpha value is -2.04. The van der Waals surface area contributed by atoms with Gasteiger partial charge in [-0.1, -0.05) is 18.2 Å². The number of nitrogens with one attached hydrogen (secondary N) is 2. The molecule has 0 aliphatic carbocycles. The Morgan fingerprint density at radius 3 is 2.80 bits per heavy atom. The van der Waals surface area contributed by atoms with Crippen LogP contribution in [0.3, 0.4) is 0 Å². The zero-order valence-electron chi connectivity index (χ0n) is 11.2. The van der Waals surface area contributed by atoms with E-state index in [0.29, 0.717) is 10.9 Å². The summed E-state index contributed by atoms with van der Waals surface area (Å²) >= 11 is 0. The first-order valence-electron chi connectivity index (χ1n) is 6.01. The molecule has 2 aromatic rings. The van der Waals surface area contributed by atoms with E-state index >= 15 is 0 Å². The monoisotopic (exact) mass is 293 g/mol. The van der Waals surface area contributed by atoms with Crippen molar-refractivity contribution in [1.29, 1.82) is 5.26 Å². The molecule has 0 aliphatic rings. The normalized spacial score (nSPS) is 13.1. The first-order chi connectivity index (χ1) is 9.46. The molecule has 1 heterocycles. The van der Waals surface area contributed by atoms with Gasteiger partial charge in [0.1, 0.15) is 17.5 Å². The summed E-state index contributed by atoms with van der Waals surface area (Å²) in [6.45, 7) is 1.66. The van der Waals surface area contributed by atoms with Crippen molar-refractivity contribution < 1.29 is 13.2 Å². The molecule has 1 aromatic carbocycles. The van der Waals surface area contributed by atoms with Crippen LogP contribution in [0.4, 0.5) is 5.82 Å².